The van der Waals surface area contributed by atoms with Crippen LogP contribution in [0.2, 0.25) is 0 Å². The van der Waals surface area contributed by atoms with E-state index in [9.17, 15) is 26.0 Å². The lowest BCUT2D eigenvalue weighted by molar-refractivity contribution is -0.140. The summed E-state index contributed by atoms with van der Waals surface area (Å²) in [6, 6.07) is 5.45. The molecule has 0 spiro atoms. The monoisotopic (exact) mass is 371 g/mol. The van der Waals surface area contributed by atoms with Crippen LogP contribution in [0.5, 0.6) is 0 Å². The van der Waals surface area contributed by atoms with Crippen molar-refractivity contribution in [3.63, 3.8) is 0 Å². The average molecular weight is 371 g/mol. The third kappa shape index (κ3) is 3.00. The Kier molecular flexibility index (Phi) is 4.07. The number of aromatic nitrogens is 3. The van der Waals surface area contributed by atoms with Gasteiger partial charge in [0.25, 0.3) is 10.0 Å². The molecular weight excluding hydrogens is 362 g/mol. The van der Waals surface area contributed by atoms with Crippen molar-refractivity contribution < 1.29 is 26.0 Å². The number of hydrogen-bond donors (Lipinski definition) is 0. The Morgan fingerprint density at radius 2 is 1.76 bits per heavy atom. The van der Waals surface area contributed by atoms with Crippen LogP contribution in [0, 0.1) is 5.82 Å². The molecule has 3 aromatic heterocycles. The Morgan fingerprint density at radius 3 is 2.40 bits per heavy atom. The summed E-state index contributed by atoms with van der Waals surface area (Å²) >= 11 is 0. The SMILES string of the molecule is O=S(=O)(c1cccnc1)n1ccc(F)c1-c1cccnc1C(F)(F)F. The molecule has 0 saturated carbocycles. The number of nitrogens with zero attached hydrogens (tertiary/aromatic N) is 3. The minimum atomic E-state index is -4.88. The van der Waals surface area contributed by atoms with Gasteiger partial charge < -0.3 is 0 Å². The van der Waals surface area contributed by atoms with Crippen LogP contribution in [0.4, 0.5) is 17.6 Å². The van der Waals surface area contributed by atoms with E-state index in [0.717, 1.165) is 36.8 Å². The topological polar surface area (TPSA) is 64.8 Å². The Balaban J connectivity index is 2.28. The number of hydrogen-bond acceptors (Lipinski definition) is 4. The predicted molar refractivity (Wildman–Crippen MR) is 79.4 cm³/mol. The molecule has 0 atom stereocenters. The van der Waals surface area contributed by atoms with Gasteiger partial charge in [-0.15, -0.1) is 0 Å². The molecule has 0 aliphatic heterocycles. The lowest BCUT2D eigenvalue weighted by Gasteiger charge is -2.14. The molecule has 0 N–H and O–H groups in total. The molecule has 0 aliphatic carbocycles. The lowest BCUT2D eigenvalue weighted by atomic mass is 10.1. The second-order valence-electron chi connectivity index (χ2n) is 4.90. The molecule has 0 fully saturated rings. The van der Waals surface area contributed by atoms with E-state index >= 15 is 0 Å². The van der Waals surface area contributed by atoms with E-state index in [2.05, 4.69) is 9.97 Å². The van der Waals surface area contributed by atoms with Crippen molar-refractivity contribution in [2.45, 2.75) is 11.1 Å². The van der Waals surface area contributed by atoms with Crippen molar-refractivity contribution in [1.29, 1.82) is 0 Å². The fraction of sp³-hybridized carbons (Fsp3) is 0.0667. The van der Waals surface area contributed by atoms with Crippen LogP contribution < -0.4 is 0 Å². The molecule has 3 aromatic rings. The van der Waals surface area contributed by atoms with Gasteiger partial charge in [0.1, 0.15) is 16.4 Å². The smallest absolute Gasteiger partial charge is 0.263 e. The normalized spacial score (nSPS) is 12.3. The molecule has 3 heterocycles. The van der Waals surface area contributed by atoms with E-state index in [0.29, 0.717) is 3.97 Å². The number of rotatable bonds is 3. The van der Waals surface area contributed by atoms with E-state index in [4.69, 9.17) is 0 Å². The van der Waals surface area contributed by atoms with Crippen molar-refractivity contribution in [1.82, 2.24) is 13.9 Å². The van der Waals surface area contributed by atoms with Gasteiger partial charge in [-0.3, -0.25) is 9.97 Å². The van der Waals surface area contributed by atoms with E-state index in [1.807, 2.05) is 0 Å². The van der Waals surface area contributed by atoms with E-state index in [-0.39, 0.29) is 4.90 Å². The summed E-state index contributed by atoms with van der Waals surface area (Å²) in [6.45, 7) is 0. The Bertz CT molecular complexity index is 1010. The van der Waals surface area contributed by atoms with Gasteiger partial charge in [0, 0.05) is 30.4 Å². The van der Waals surface area contributed by atoms with E-state index < -0.39 is 39.0 Å². The minimum absolute atomic E-state index is 0.288. The van der Waals surface area contributed by atoms with Crippen molar-refractivity contribution >= 4 is 10.0 Å². The Morgan fingerprint density at radius 1 is 1.04 bits per heavy atom. The summed E-state index contributed by atoms with van der Waals surface area (Å²) in [5.74, 6) is -1.12. The van der Waals surface area contributed by atoms with Crippen molar-refractivity contribution in [3.8, 4) is 11.3 Å². The van der Waals surface area contributed by atoms with Gasteiger partial charge in [0.15, 0.2) is 5.69 Å². The quantitative estimate of drug-likeness (QED) is 0.663. The third-order valence-electron chi connectivity index (χ3n) is 3.33. The van der Waals surface area contributed by atoms with Crippen LogP contribution in [0.15, 0.2) is 60.0 Å². The summed E-state index contributed by atoms with van der Waals surface area (Å²) in [5.41, 5.74) is -2.80. The highest BCUT2D eigenvalue weighted by Crippen LogP contribution is 2.37. The molecule has 0 radical (unpaired) electrons. The number of halogens is 4. The second kappa shape index (κ2) is 5.96. The van der Waals surface area contributed by atoms with Gasteiger partial charge in [0.05, 0.1) is 0 Å². The molecule has 10 heteroatoms. The first-order chi connectivity index (χ1) is 11.7. The number of alkyl halides is 3. The summed E-state index contributed by atoms with van der Waals surface area (Å²) in [5, 5.41) is 0. The minimum Gasteiger partial charge on any atom is -0.263 e. The van der Waals surface area contributed by atoms with Crippen LogP contribution in [0.25, 0.3) is 11.3 Å². The average Bonchev–Trinajstić information content (AvgIpc) is 2.97. The predicted octanol–water partition coefficient (Wildman–Crippen LogP) is 3.34. The van der Waals surface area contributed by atoms with Gasteiger partial charge in [0.2, 0.25) is 0 Å². The first-order valence-corrected chi connectivity index (χ1v) is 8.22. The zero-order valence-corrected chi connectivity index (χ0v) is 13.1. The van der Waals surface area contributed by atoms with Gasteiger partial charge in [-0.1, -0.05) is 0 Å². The van der Waals surface area contributed by atoms with Crippen LogP contribution in [-0.4, -0.2) is 22.4 Å². The molecule has 0 unspecified atom stereocenters. The maximum atomic E-state index is 14.2. The summed E-state index contributed by atoms with van der Waals surface area (Å²) < 4.78 is 79.5. The molecule has 25 heavy (non-hydrogen) atoms. The molecule has 0 aromatic carbocycles. The Labute approximate surface area is 139 Å². The first-order valence-electron chi connectivity index (χ1n) is 6.78. The second-order valence-corrected chi connectivity index (χ2v) is 6.71. The van der Waals surface area contributed by atoms with Crippen LogP contribution in [0.3, 0.4) is 0 Å². The molecule has 0 saturated heterocycles. The standard InChI is InChI=1S/C15H9F4N3O2S/c16-12-5-8-22(25(23,24)10-3-1-6-20-9-10)13(12)11-4-2-7-21-14(11)15(17,18)19/h1-9H. The summed E-state index contributed by atoms with van der Waals surface area (Å²) in [7, 11) is -4.34. The fourth-order valence-electron chi connectivity index (χ4n) is 2.28. The molecule has 3 rings (SSSR count). The molecule has 5 nitrogen and oxygen atoms in total. The molecule has 0 bridgehead atoms. The maximum Gasteiger partial charge on any atom is 0.434 e. The van der Waals surface area contributed by atoms with Crippen molar-refractivity contribution in [2.75, 3.05) is 0 Å². The third-order valence-corrected chi connectivity index (χ3v) is 4.98. The first kappa shape index (κ1) is 17.1. The zero-order valence-electron chi connectivity index (χ0n) is 12.3. The fourth-order valence-corrected chi connectivity index (χ4v) is 3.59. The van der Waals surface area contributed by atoms with Crippen LogP contribution in [0.1, 0.15) is 5.69 Å². The molecule has 0 amide bonds. The lowest BCUT2D eigenvalue weighted by Crippen LogP contribution is -2.16. The highest BCUT2D eigenvalue weighted by atomic mass is 32.2. The largest absolute Gasteiger partial charge is 0.434 e. The van der Waals surface area contributed by atoms with Crippen molar-refractivity contribution in [2.24, 2.45) is 0 Å². The van der Waals surface area contributed by atoms with Crippen molar-refractivity contribution in [3.05, 3.63) is 66.6 Å². The van der Waals surface area contributed by atoms with Gasteiger partial charge in [-0.2, -0.15) is 13.2 Å². The number of pyridine rings is 2. The van der Waals surface area contributed by atoms with Crippen LogP contribution >= 0.6 is 0 Å². The van der Waals surface area contributed by atoms with Gasteiger partial charge in [-0.05, 0) is 30.3 Å². The Hall–Kier alpha value is -2.75. The highest BCUT2D eigenvalue weighted by Gasteiger charge is 2.37. The van der Waals surface area contributed by atoms with E-state index in [1.54, 1.807) is 0 Å². The van der Waals surface area contributed by atoms with Crippen LogP contribution in [-0.2, 0) is 16.2 Å². The molecule has 130 valence electrons. The maximum absolute atomic E-state index is 14.2. The molecule has 0 aliphatic rings. The highest BCUT2D eigenvalue weighted by molar-refractivity contribution is 7.90. The zero-order chi connectivity index (χ0) is 18.2. The van der Waals surface area contributed by atoms with E-state index in [1.165, 1.54) is 18.3 Å². The van der Waals surface area contributed by atoms with Gasteiger partial charge in [-0.25, -0.2) is 16.8 Å². The molecular formula is C15H9F4N3O2S. The summed E-state index contributed by atoms with van der Waals surface area (Å²) in [6.07, 6.45) is -0.784. The summed E-state index contributed by atoms with van der Waals surface area (Å²) in [4.78, 5) is 6.61. The van der Waals surface area contributed by atoms with Gasteiger partial charge >= 0.3 is 6.18 Å².